The van der Waals surface area contributed by atoms with E-state index in [4.69, 9.17) is 11.6 Å². The number of benzene rings is 1. The lowest BCUT2D eigenvalue weighted by atomic mass is 10.0. The topological polar surface area (TPSA) is 32.3 Å². The van der Waals surface area contributed by atoms with Crippen molar-refractivity contribution in [1.82, 2.24) is 4.90 Å². The van der Waals surface area contributed by atoms with E-state index >= 15 is 0 Å². The van der Waals surface area contributed by atoms with Crippen LogP contribution >= 0.6 is 11.6 Å². The minimum atomic E-state index is 0.0178. The molecule has 0 heterocycles. The zero-order chi connectivity index (χ0) is 16.0. The van der Waals surface area contributed by atoms with Crippen LogP contribution < -0.4 is 5.32 Å². The second-order valence-corrected chi connectivity index (χ2v) is 6.45. The lowest BCUT2D eigenvalue weighted by molar-refractivity contribution is 0.0729. The molecule has 1 N–H and O–H groups in total. The number of hydrogen-bond acceptors (Lipinski definition) is 2. The van der Waals surface area contributed by atoms with Gasteiger partial charge in [-0.2, -0.15) is 0 Å². The Balaban J connectivity index is 2.96. The van der Waals surface area contributed by atoms with Crippen LogP contribution in [0.2, 0.25) is 5.02 Å². The normalized spacial score (nSPS) is 12.3. The summed E-state index contributed by atoms with van der Waals surface area (Å²) in [5, 5.41) is 3.89. The molecule has 0 radical (unpaired) electrons. The Bertz CT molecular complexity index is 474. The highest BCUT2D eigenvalue weighted by Crippen LogP contribution is 2.23. The van der Waals surface area contributed by atoms with Crippen molar-refractivity contribution in [2.45, 2.75) is 46.6 Å². The van der Waals surface area contributed by atoms with Gasteiger partial charge in [0.1, 0.15) is 0 Å². The lowest BCUT2D eigenvalue weighted by Gasteiger charge is -2.27. The van der Waals surface area contributed by atoms with Crippen LogP contribution in [0.5, 0.6) is 0 Å². The monoisotopic (exact) mass is 310 g/mol. The molecule has 0 saturated carbocycles. The van der Waals surface area contributed by atoms with Crippen molar-refractivity contribution in [2.75, 3.05) is 18.9 Å². The van der Waals surface area contributed by atoms with Gasteiger partial charge in [0.05, 0.1) is 5.56 Å². The molecule has 21 heavy (non-hydrogen) atoms. The standard InChI is InChI=1S/C17H27ClN2O/c1-6-9-19-16-8-7-14(18)11-15(16)17(21)20(5)13(4)10-12(2)3/h7-8,11-13,19H,6,9-10H2,1-5H3. The molecule has 0 aliphatic rings. The molecule has 0 aromatic heterocycles. The van der Waals surface area contributed by atoms with Crippen molar-refractivity contribution in [3.8, 4) is 0 Å². The van der Waals surface area contributed by atoms with Crippen molar-refractivity contribution in [3.05, 3.63) is 28.8 Å². The second-order valence-electron chi connectivity index (χ2n) is 6.01. The van der Waals surface area contributed by atoms with Crippen molar-refractivity contribution in [2.24, 2.45) is 5.92 Å². The Morgan fingerprint density at radius 1 is 1.33 bits per heavy atom. The van der Waals surface area contributed by atoms with Crippen LogP contribution in [0.3, 0.4) is 0 Å². The van der Waals surface area contributed by atoms with Crippen molar-refractivity contribution in [3.63, 3.8) is 0 Å². The summed E-state index contributed by atoms with van der Waals surface area (Å²) in [4.78, 5) is 14.5. The Morgan fingerprint density at radius 3 is 2.57 bits per heavy atom. The molecular weight excluding hydrogens is 284 g/mol. The molecule has 0 fully saturated rings. The fraction of sp³-hybridized carbons (Fsp3) is 0.588. The quantitative estimate of drug-likeness (QED) is 0.794. The average Bonchev–Trinajstić information content (AvgIpc) is 2.43. The smallest absolute Gasteiger partial charge is 0.255 e. The minimum Gasteiger partial charge on any atom is -0.384 e. The molecule has 1 aromatic rings. The molecule has 1 amide bonds. The highest BCUT2D eigenvalue weighted by Gasteiger charge is 2.21. The molecule has 0 aliphatic carbocycles. The molecule has 0 aliphatic heterocycles. The van der Waals surface area contributed by atoms with Gasteiger partial charge in [0, 0.05) is 30.3 Å². The van der Waals surface area contributed by atoms with Gasteiger partial charge in [-0.3, -0.25) is 4.79 Å². The maximum Gasteiger partial charge on any atom is 0.255 e. The number of carbonyl (C=O) groups excluding carboxylic acids is 1. The summed E-state index contributed by atoms with van der Waals surface area (Å²) in [5.74, 6) is 0.580. The Hall–Kier alpha value is -1.22. The van der Waals surface area contributed by atoms with Gasteiger partial charge >= 0.3 is 0 Å². The first-order valence-corrected chi connectivity index (χ1v) is 8.05. The number of rotatable bonds is 7. The van der Waals surface area contributed by atoms with Crippen LogP contribution in [-0.4, -0.2) is 30.4 Å². The number of hydrogen-bond donors (Lipinski definition) is 1. The van der Waals surface area contributed by atoms with Gasteiger partial charge in [-0.25, -0.2) is 0 Å². The van der Waals surface area contributed by atoms with Crippen LogP contribution in [-0.2, 0) is 0 Å². The molecule has 4 heteroatoms. The fourth-order valence-electron chi connectivity index (χ4n) is 2.34. The number of nitrogens with zero attached hydrogens (tertiary/aromatic N) is 1. The van der Waals surface area contributed by atoms with Gasteiger partial charge in [-0.05, 0) is 43.9 Å². The van der Waals surface area contributed by atoms with Gasteiger partial charge in [-0.1, -0.05) is 32.4 Å². The second kappa shape index (κ2) is 8.28. The molecule has 0 spiro atoms. The molecule has 1 rings (SSSR count). The Morgan fingerprint density at radius 2 is 2.00 bits per heavy atom. The number of carbonyl (C=O) groups is 1. The first kappa shape index (κ1) is 17.8. The number of amides is 1. The zero-order valence-corrected chi connectivity index (χ0v) is 14.5. The summed E-state index contributed by atoms with van der Waals surface area (Å²) < 4.78 is 0. The summed E-state index contributed by atoms with van der Waals surface area (Å²) in [6, 6.07) is 5.65. The minimum absolute atomic E-state index is 0.0178. The summed E-state index contributed by atoms with van der Waals surface area (Å²) in [6.07, 6.45) is 2.00. The third kappa shape index (κ3) is 5.24. The van der Waals surface area contributed by atoms with E-state index in [0.29, 0.717) is 16.5 Å². The van der Waals surface area contributed by atoms with Crippen LogP contribution in [0.1, 0.15) is 50.9 Å². The molecule has 1 atom stereocenters. The highest BCUT2D eigenvalue weighted by atomic mass is 35.5. The Kier molecular flexibility index (Phi) is 7.03. The molecule has 1 aromatic carbocycles. The van der Waals surface area contributed by atoms with Crippen LogP contribution in [0.25, 0.3) is 0 Å². The summed E-state index contributed by atoms with van der Waals surface area (Å²) in [5.41, 5.74) is 1.50. The third-order valence-electron chi connectivity index (χ3n) is 3.57. The van der Waals surface area contributed by atoms with Gasteiger partial charge in [0.15, 0.2) is 0 Å². The van der Waals surface area contributed by atoms with Gasteiger partial charge < -0.3 is 10.2 Å². The van der Waals surface area contributed by atoms with E-state index in [0.717, 1.165) is 25.1 Å². The highest BCUT2D eigenvalue weighted by molar-refractivity contribution is 6.31. The van der Waals surface area contributed by atoms with Gasteiger partial charge in [0.25, 0.3) is 5.91 Å². The predicted octanol–water partition coefficient (Wildman–Crippen LogP) is 4.67. The summed E-state index contributed by atoms with van der Waals surface area (Å²) in [6.45, 7) is 9.36. The molecule has 0 bridgehead atoms. The zero-order valence-electron chi connectivity index (χ0n) is 13.7. The van der Waals surface area contributed by atoms with Crippen LogP contribution in [0, 0.1) is 5.92 Å². The SMILES string of the molecule is CCCNc1ccc(Cl)cc1C(=O)N(C)C(C)CC(C)C. The van der Waals surface area contributed by atoms with Crippen molar-refractivity contribution in [1.29, 1.82) is 0 Å². The van der Waals surface area contributed by atoms with Crippen LogP contribution in [0.15, 0.2) is 18.2 Å². The van der Waals surface area contributed by atoms with Gasteiger partial charge in [0.2, 0.25) is 0 Å². The van der Waals surface area contributed by atoms with E-state index in [1.807, 2.05) is 24.1 Å². The lowest BCUT2D eigenvalue weighted by Crippen LogP contribution is -2.36. The summed E-state index contributed by atoms with van der Waals surface area (Å²) >= 11 is 6.07. The van der Waals surface area contributed by atoms with E-state index < -0.39 is 0 Å². The Labute approximate surface area is 133 Å². The fourth-order valence-corrected chi connectivity index (χ4v) is 2.51. The first-order valence-electron chi connectivity index (χ1n) is 7.67. The molecule has 1 unspecified atom stereocenters. The largest absolute Gasteiger partial charge is 0.384 e. The third-order valence-corrected chi connectivity index (χ3v) is 3.81. The van der Waals surface area contributed by atoms with Crippen molar-refractivity contribution >= 4 is 23.2 Å². The van der Waals surface area contributed by atoms with E-state index in [1.165, 1.54) is 0 Å². The molecule has 118 valence electrons. The number of nitrogens with one attached hydrogen (secondary N) is 1. The number of halogens is 1. The summed E-state index contributed by atoms with van der Waals surface area (Å²) in [7, 11) is 1.86. The van der Waals surface area contributed by atoms with E-state index in [-0.39, 0.29) is 11.9 Å². The number of anilines is 1. The average molecular weight is 311 g/mol. The van der Waals surface area contributed by atoms with Gasteiger partial charge in [-0.15, -0.1) is 0 Å². The molecule has 3 nitrogen and oxygen atoms in total. The first-order chi connectivity index (χ1) is 9.86. The van der Waals surface area contributed by atoms with Crippen molar-refractivity contribution < 1.29 is 4.79 Å². The van der Waals surface area contributed by atoms with E-state index in [2.05, 4.69) is 33.0 Å². The maximum absolute atomic E-state index is 12.7. The van der Waals surface area contributed by atoms with E-state index in [9.17, 15) is 4.79 Å². The van der Waals surface area contributed by atoms with Crippen LogP contribution in [0.4, 0.5) is 5.69 Å². The molecular formula is C17H27ClN2O. The predicted molar refractivity (Wildman–Crippen MR) is 91.2 cm³/mol. The van der Waals surface area contributed by atoms with E-state index in [1.54, 1.807) is 6.07 Å². The molecule has 0 saturated heterocycles. The maximum atomic E-state index is 12.7.